The van der Waals surface area contributed by atoms with Gasteiger partial charge in [-0.3, -0.25) is 0 Å². The molecule has 0 aliphatic heterocycles. The Hall–Kier alpha value is -0.960. The lowest BCUT2D eigenvalue weighted by Crippen LogP contribution is -2.13. The van der Waals surface area contributed by atoms with Crippen molar-refractivity contribution in [1.82, 2.24) is 0 Å². The van der Waals surface area contributed by atoms with Crippen molar-refractivity contribution < 1.29 is 9.53 Å². The third-order valence-electron chi connectivity index (χ3n) is 2.58. The van der Waals surface area contributed by atoms with Gasteiger partial charge in [0.15, 0.2) is 0 Å². The third kappa shape index (κ3) is 6.67. The summed E-state index contributed by atoms with van der Waals surface area (Å²) in [6.07, 6.45) is 2.17. The molecule has 0 fully saturated rings. The summed E-state index contributed by atoms with van der Waals surface area (Å²) < 4.78 is 5.48. The molecule has 0 aromatic heterocycles. The van der Waals surface area contributed by atoms with Crippen molar-refractivity contribution in [2.45, 2.75) is 45.3 Å². The van der Waals surface area contributed by atoms with E-state index in [1.165, 1.54) is 5.56 Å². The summed E-state index contributed by atoms with van der Waals surface area (Å²) in [6.45, 7) is 9.09. The second kappa shape index (κ2) is 7.59. The molecule has 1 aromatic carbocycles. The number of hydrogen-bond acceptors (Lipinski definition) is 3. The van der Waals surface area contributed by atoms with Crippen LogP contribution in [-0.4, -0.2) is 23.1 Å². The molecule has 0 bridgehead atoms. The van der Waals surface area contributed by atoms with Crippen LogP contribution in [-0.2, 0) is 11.2 Å². The van der Waals surface area contributed by atoms with Crippen molar-refractivity contribution in [3.8, 4) is 0 Å². The summed E-state index contributed by atoms with van der Waals surface area (Å²) in [5.41, 5.74) is 1.91. The number of benzene rings is 1. The van der Waals surface area contributed by atoms with Crippen LogP contribution in [0.25, 0.3) is 0 Å². The number of hydrogen-bond donors (Lipinski definition) is 0. The average Bonchev–Trinajstić information content (AvgIpc) is 2.34. The van der Waals surface area contributed by atoms with Crippen molar-refractivity contribution in [2.75, 3.05) is 12.4 Å². The maximum atomic E-state index is 11.8. The molecule has 1 rings (SSSR count). The highest BCUT2D eigenvalue weighted by Gasteiger charge is 2.11. The summed E-state index contributed by atoms with van der Waals surface area (Å²) in [6, 6.07) is 7.71. The number of esters is 1. The summed E-state index contributed by atoms with van der Waals surface area (Å²) in [5.74, 6) is 0.612. The van der Waals surface area contributed by atoms with Gasteiger partial charge in [0.2, 0.25) is 0 Å². The Bertz CT molecular complexity index is 390. The highest BCUT2D eigenvalue weighted by Crippen LogP contribution is 2.22. The van der Waals surface area contributed by atoms with Crippen molar-refractivity contribution in [3.63, 3.8) is 0 Å². The summed E-state index contributed by atoms with van der Waals surface area (Å²) >= 11 is 1.80. The number of carbonyl (C=O) groups is 1. The predicted molar refractivity (Wildman–Crippen MR) is 82.9 cm³/mol. The Morgan fingerprint density at radius 3 is 2.37 bits per heavy atom. The Morgan fingerprint density at radius 2 is 1.84 bits per heavy atom. The first kappa shape index (κ1) is 16.1. The van der Waals surface area contributed by atoms with Gasteiger partial charge in [-0.2, -0.15) is 11.8 Å². The standard InChI is InChI=1S/C16H24O2S/c1-5-6-13-7-9-14(10-8-13)15(17)18-11-12-19-16(2,3)4/h7-10H,5-6,11-12H2,1-4H3. The normalized spacial score (nSPS) is 11.4. The van der Waals surface area contributed by atoms with Crippen molar-refractivity contribution in [1.29, 1.82) is 0 Å². The SMILES string of the molecule is CCCc1ccc(C(=O)OCCSC(C)(C)C)cc1. The van der Waals surface area contributed by atoms with Crippen LogP contribution in [0.5, 0.6) is 0 Å². The van der Waals surface area contributed by atoms with Crippen molar-refractivity contribution in [2.24, 2.45) is 0 Å². The fraction of sp³-hybridized carbons (Fsp3) is 0.562. The van der Waals surface area contributed by atoms with E-state index in [4.69, 9.17) is 4.74 Å². The topological polar surface area (TPSA) is 26.3 Å². The van der Waals surface area contributed by atoms with Gasteiger partial charge in [0.25, 0.3) is 0 Å². The van der Waals surface area contributed by atoms with Gasteiger partial charge in [-0.1, -0.05) is 46.2 Å². The van der Waals surface area contributed by atoms with Crippen molar-refractivity contribution >= 4 is 17.7 Å². The number of aryl methyl sites for hydroxylation is 1. The molecule has 0 saturated heterocycles. The number of ether oxygens (including phenoxy) is 1. The van der Waals surface area contributed by atoms with Crippen LogP contribution in [0.3, 0.4) is 0 Å². The second-order valence-electron chi connectivity index (χ2n) is 5.54. The lowest BCUT2D eigenvalue weighted by molar-refractivity contribution is 0.0530. The minimum Gasteiger partial charge on any atom is -0.461 e. The first-order chi connectivity index (χ1) is 8.92. The monoisotopic (exact) mass is 280 g/mol. The lowest BCUT2D eigenvalue weighted by Gasteiger charge is -2.17. The van der Waals surface area contributed by atoms with Gasteiger partial charge in [0.05, 0.1) is 5.56 Å². The molecule has 0 unspecified atom stereocenters. The van der Waals surface area contributed by atoms with E-state index in [0.29, 0.717) is 12.2 Å². The van der Waals surface area contributed by atoms with Crippen LogP contribution in [0, 0.1) is 0 Å². The zero-order chi connectivity index (χ0) is 14.3. The number of thioether (sulfide) groups is 1. The molecular weight excluding hydrogens is 256 g/mol. The Morgan fingerprint density at radius 1 is 1.21 bits per heavy atom. The molecule has 0 saturated carbocycles. The zero-order valence-corrected chi connectivity index (χ0v) is 13.2. The maximum absolute atomic E-state index is 11.8. The molecular formula is C16H24O2S. The van der Waals surface area contributed by atoms with Crippen LogP contribution in [0.1, 0.15) is 50.0 Å². The largest absolute Gasteiger partial charge is 0.461 e. The zero-order valence-electron chi connectivity index (χ0n) is 12.4. The molecule has 0 aliphatic carbocycles. The molecule has 3 heteroatoms. The summed E-state index contributed by atoms with van der Waals surface area (Å²) in [5, 5.41) is 0. The van der Waals surface area contributed by atoms with Crippen molar-refractivity contribution in [3.05, 3.63) is 35.4 Å². The molecule has 19 heavy (non-hydrogen) atoms. The number of carbonyl (C=O) groups excluding carboxylic acids is 1. The minimum absolute atomic E-state index is 0.216. The maximum Gasteiger partial charge on any atom is 0.338 e. The Balaban J connectivity index is 2.37. The molecule has 106 valence electrons. The molecule has 0 spiro atoms. The summed E-state index contributed by atoms with van der Waals surface area (Å²) in [7, 11) is 0. The van der Waals surface area contributed by atoms with E-state index < -0.39 is 0 Å². The fourth-order valence-electron chi connectivity index (χ4n) is 1.66. The lowest BCUT2D eigenvalue weighted by atomic mass is 10.1. The van der Waals surface area contributed by atoms with Gasteiger partial charge >= 0.3 is 5.97 Å². The van der Waals surface area contributed by atoms with Crippen LogP contribution >= 0.6 is 11.8 Å². The number of rotatable bonds is 6. The minimum atomic E-state index is -0.224. The van der Waals surface area contributed by atoms with Crippen LogP contribution in [0.2, 0.25) is 0 Å². The van der Waals surface area contributed by atoms with Gasteiger partial charge in [-0.15, -0.1) is 0 Å². The Labute approximate surface area is 120 Å². The third-order valence-corrected chi connectivity index (χ3v) is 3.82. The van der Waals surface area contributed by atoms with Crippen LogP contribution in [0.15, 0.2) is 24.3 Å². The quantitative estimate of drug-likeness (QED) is 0.573. The van der Waals surface area contributed by atoms with Gasteiger partial charge in [-0.05, 0) is 24.1 Å². The highest BCUT2D eigenvalue weighted by atomic mass is 32.2. The smallest absolute Gasteiger partial charge is 0.338 e. The first-order valence-corrected chi connectivity index (χ1v) is 7.81. The molecule has 2 nitrogen and oxygen atoms in total. The molecule has 1 aromatic rings. The van der Waals surface area contributed by atoms with Gasteiger partial charge in [-0.25, -0.2) is 4.79 Å². The van der Waals surface area contributed by atoms with Gasteiger partial charge in [0.1, 0.15) is 6.61 Å². The van der Waals surface area contributed by atoms with E-state index in [-0.39, 0.29) is 10.7 Å². The Kier molecular flexibility index (Phi) is 6.43. The van der Waals surface area contributed by atoms with E-state index in [0.717, 1.165) is 18.6 Å². The van der Waals surface area contributed by atoms with E-state index in [2.05, 4.69) is 27.7 Å². The highest BCUT2D eigenvalue weighted by molar-refractivity contribution is 8.00. The molecule has 0 N–H and O–H groups in total. The van der Waals surface area contributed by atoms with E-state index in [1.807, 2.05) is 24.3 Å². The first-order valence-electron chi connectivity index (χ1n) is 6.82. The van der Waals surface area contributed by atoms with E-state index >= 15 is 0 Å². The van der Waals surface area contributed by atoms with Crippen LogP contribution < -0.4 is 0 Å². The second-order valence-corrected chi connectivity index (χ2v) is 7.47. The molecule has 0 aliphatic rings. The van der Waals surface area contributed by atoms with Gasteiger partial charge in [0, 0.05) is 10.5 Å². The van der Waals surface area contributed by atoms with Crippen LogP contribution in [0.4, 0.5) is 0 Å². The molecule has 0 amide bonds. The van der Waals surface area contributed by atoms with Gasteiger partial charge < -0.3 is 4.74 Å². The van der Waals surface area contributed by atoms with E-state index in [1.54, 1.807) is 11.8 Å². The predicted octanol–water partition coefficient (Wildman–Crippen LogP) is 4.33. The molecule has 0 radical (unpaired) electrons. The molecule has 0 heterocycles. The fourth-order valence-corrected chi connectivity index (χ4v) is 2.44. The average molecular weight is 280 g/mol. The molecule has 0 atom stereocenters. The van der Waals surface area contributed by atoms with E-state index in [9.17, 15) is 4.79 Å². The summed E-state index contributed by atoms with van der Waals surface area (Å²) in [4.78, 5) is 11.8.